The van der Waals surface area contributed by atoms with E-state index in [0.717, 1.165) is 0 Å². The van der Waals surface area contributed by atoms with E-state index in [2.05, 4.69) is 5.16 Å². The van der Waals surface area contributed by atoms with E-state index in [4.69, 9.17) is 10.3 Å². The molecule has 23 heavy (non-hydrogen) atoms. The van der Waals surface area contributed by atoms with Crippen LogP contribution in [0.1, 0.15) is 31.2 Å². The molecule has 0 spiro atoms. The van der Waals surface area contributed by atoms with Gasteiger partial charge in [0.25, 0.3) is 0 Å². The minimum Gasteiger partial charge on any atom is -0.360 e. The van der Waals surface area contributed by atoms with E-state index in [1.807, 2.05) is 0 Å². The second-order valence-electron chi connectivity index (χ2n) is 5.97. The Kier molecular flexibility index (Phi) is 5.43. The van der Waals surface area contributed by atoms with Crippen molar-refractivity contribution in [1.82, 2.24) is 14.4 Å². The van der Waals surface area contributed by atoms with Crippen LogP contribution in [0, 0.1) is 13.8 Å². The molecule has 1 amide bonds. The lowest BCUT2D eigenvalue weighted by molar-refractivity contribution is -0.131. The fourth-order valence-corrected chi connectivity index (χ4v) is 4.52. The molecular weight excluding hydrogens is 320 g/mol. The predicted molar refractivity (Wildman–Crippen MR) is 84.2 cm³/mol. The minimum absolute atomic E-state index is 0.0309. The molecule has 1 aromatic rings. The van der Waals surface area contributed by atoms with Crippen molar-refractivity contribution in [2.45, 2.75) is 44.6 Å². The number of aryl methyl sites for hydroxylation is 2. The van der Waals surface area contributed by atoms with Crippen LogP contribution in [-0.2, 0) is 14.8 Å². The number of carbonyl (C=O) groups excluding carboxylic acids is 1. The quantitative estimate of drug-likeness (QED) is 0.838. The molecule has 0 aromatic carbocycles. The van der Waals surface area contributed by atoms with Gasteiger partial charge in [-0.05, 0) is 27.2 Å². The van der Waals surface area contributed by atoms with Gasteiger partial charge in [-0.2, -0.15) is 4.31 Å². The molecule has 130 valence electrons. The van der Waals surface area contributed by atoms with E-state index in [1.54, 1.807) is 25.7 Å². The lowest BCUT2D eigenvalue weighted by Crippen LogP contribution is -2.39. The summed E-state index contributed by atoms with van der Waals surface area (Å²) < 4.78 is 32.0. The number of sulfonamides is 1. The Morgan fingerprint density at radius 2 is 2.00 bits per heavy atom. The lowest BCUT2D eigenvalue weighted by Gasteiger charge is -2.22. The number of amides is 1. The Balaban J connectivity index is 2.13. The second kappa shape index (κ2) is 6.98. The van der Waals surface area contributed by atoms with Gasteiger partial charge in [0.05, 0.1) is 0 Å². The van der Waals surface area contributed by atoms with Crippen molar-refractivity contribution in [3.05, 3.63) is 11.5 Å². The fourth-order valence-electron chi connectivity index (χ4n) is 2.76. The number of aromatic nitrogens is 1. The van der Waals surface area contributed by atoms with Crippen LogP contribution < -0.4 is 5.73 Å². The van der Waals surface area contributed by atoms with Crippen molar-refractivity contribution >= 4 is 15.9 Å². The molecule has 1 aliphatic heterocycles. The van der Waals surface area contributed by atoms with Crippen molar-refractivity contribution in [1.29, 1.82) is 0 Å². The Labute approximate surface area is 136 Å². The van der Waals surface area contributed by atoms with Crippen molar-refractivity contribution in [3.8, 4) is 0 Å². The van der Waals surface area contributed by atoms with Crippen LogP contribution in [-0.4, -0.2) is 60.9 Å². The smallest absolute Gasteiger partial charge is 0.248 e. The summed E-state index contributed by atoms with van der Waals surface area (Å²) in [6.07, 6.45) is 0.865. The summed E-state index contributed by atoms with van der Waals surface area (Å²) in [6, 6.07) is -0.201. The number of carbonyl (C=O) groups is 1. The van der Waals surface area contributed by atoms with Crippen LogP contribution in [0.15, 0.2) is 9.42 Å². The molecule has 1 aromatic heterocycles. The first kappa shape index (κ1) is 17.9. The first-order valence-corrected chi connectivity index (χ1v) is 9.14. The molecule has 0 aliphatic carbocycles. The molecule has 1 saturated heterocycles. The Morgan fingerprint density at radius 3 is 2.57 bits per heavy atom. The largest absolute Gasteiger partial charge is 0.360 e. The molecular formula is C14H24N4O4S. The molecule has 9 heteroatoms. The molecule has 0 bridgehead atoms. The van der Waals surface area contributed by atoms with Crippen LogP contribution in [0.2, 0.25) is 0 Å². The topological polar surface area (TPSA) is 110 Å². The van der Waals surface area contributed by atoms with Gasteiger partial charge < -0.3 is 15.2 Å². The fraction of sp³-hybridized carbons (Fsp3) is 0.714. The van der Waals surface area contributed by atoms with Crippen molar-refractivity contribution < 1.29 is 17.7 Å². The van der Waals surface area contributed by atoms with Crippen LogP contribution in [0.3, 0.4) is 0 Å². The van der Waals surface area contributed by atoms with Gasteiger partial charge in [0.15, 0.2) is 5.76 Å². The number of rotatable bonds is 4. The summed E-state index contributed by atoms with van der Waals surface area (Å²) in [5, 5.41) is 3.72. The van der Waals surface area contributed by atoms with E-state index in [1.165, 1.54) is 4.31 Å². The average molecular weight is 344 g/mol. The third-order valence-electron chi connectivity index (χ3n) is 3.87. The van der Waals surface area contributed by atoms with Crippen molar-refractivity contribution in [2.75, 3.05) is 26.2 Å². The van der Waals surface area contributed by atoms with Gasteiger partial charge in [0.1, 0.15) is 10.6 Å². The predicted octanol–water partition coefficient (Wildman–Crippen LogP) is 0.252. The zero-order valence-corrected chi connectivity index (χ0v) is 14.6. The molecule has 0 radical (unpaired) electrons. The standard InChI is InChI=1S/C14H24N4O4S/c1-10(15)9-13(19)17-5-4-6-18(8-7-17)23(20,21)14-11(2)16-22-12(14)3/h10H,4-9,15H2,1-3H3. The van der Waals surface area contributed by atoms with Gasteiger partial charge in [0, 0.05) is 38.6 Å². The highest BCUT2D eigenvalue weighted by Gasteiger charge is 2.32. The maximum absolute atomic E-state index is 12.8. The molecule has 1 unspecified atom stereocenters. The molecule has 0 saturated carbocycles. The molecule has 1 fully saturated rings. The first-order chi connectivity index (χ1) is 10.7. The molecule has 1 atom stereocenters. The van der Waals surface area contributed by atoms with Crippen molar-refractivity contribution in [3.63, 3.8) is 0 Å². The van der Waals surface area contributed by atoms with E-state index in [-0.39, 0.29) is 35.6 Å². The van der Waals surface area contributed by atoms with Crippen LogP contribution in [0.4, 0.5) is 0 Å². The monoisotopic (exact) mass is 344 g/mol. The molecule has 2 rings (SSSR count). The number of nitrogens with two attached hydrogens (primary N) is 1. The Bertz CT molecular complexity index is 649. The maximum Gasteiger partial charge on any atom is 0.248 e. The molecule has 8 nitrogen and oxygen atoms in total. The van der Waals surface area contributed by atoms with Gasteiger partial charge in [-0.25, -0.2) is 8.42 Å². The summed E-state index contributed by atoms with van der Waals surface area (Å²) in [5.41, 5.74) is 6.02. The van der Waals surface area contributed by atoms with Gasteiger partial charge >= 0.3 is 0 Å². The summed E-state index contributed by atoms with van der Waals surface area (Å²) in [7, 11) is -3.66. The normalized spacial score (nSPS) is 18.7. The van der Waals surface area contributed by atoms with Crippen molar-refractivity contribution in [2.24, 2.45) is 5.73 Å². The molecule has 2 heterocycles. The average Bonchev–Trinajstić information content (AvgIpc) is 2.66. The minimum atomic E-state index is -3.66. The highest BCUT2D eigenvalue weighted by Crippen LogP contribution is 2.24. The van der Waals surface area contributed by atoms with Gasteiger partial charge in [-0.3, -0.25) is 4.79 Å². The zero-order valence-electron chi connectivity index (χ0n) is 13.8. The van der Waals surface area contributed by atoms with Gasteiger partial charge in [-0.1, -0.05) is 5.16 Å². The summed E-state index contributed by atoms with van der Waals surface area (Å²) in [5.74, 6) is 0.258. The highest BCUT2D eigenvalue weighted by atomic mass is 32.2. The van der Waals surface area contributed by atoms with E-state index >= 15 is 0 Å². The summed E-state index contributed by atoms with van der Waals surface area (Å²) >= 11 is 0. The van der Waals surface area contributed by atoms with E-state index in [9.17, 15) is 13.2 Å². The highest BCUT2D eigenvalue weighted by molar-refractivity contribution is 7.89. The third kappa shape index (κ3) is 3.91. The van der Waals surface area contributed by atoms with Crippen LogP contribution in [0.5, 0.6) is 0 Å². The van der Waals surface area contributed by atoms with Gasteiger partial charge in [-0.15, -0.1) is 0 Å². The second-order valence-corrected chi connectivity index (χ2v) is 7.85. The summed E-state index contributed by atoms with van der Waals surface area (Å²) in [6.45, 7) is 6.52. The van der Waals surface area contributed by atoms with E-state index < -0.39 is 10.0 Å². The van der Waals surface area contributed by atoms with Crippen LogP contribution in [0.25, 0.3) is 0 Å². The number of hydrogen-bond donors (Lipinski definition) is 1. The SMILES string of the molecule is Cc1noc(C)c1S(=O)(=O)N1CCCN(C(=O)CC(C)N)CC1. The number of hydrogen-bond acceptors (Lipinski definition) is 6. The summed E-state index contributed by atoms with van der Waals surface area (Å²) in [4.78, 5) is 13.9. The number of nitrogens with zero attached hydrogens (tertiary/aromatic N) is 3. The van der Waals surface area contributed by atoms with Crippen LogP contribution >= 0.6 is 0 Å². The van der Waals surface area contributed by atoms with Gasteiger partial charge in [0.2, 0.25) is 15.9 Å². The third-order valence-corrected chi connectivity index (χ3v) is 6.01. The zero-order chi connectivity index (χ0) is 17.2. The van der Waals surface area contributed by atoms with E-state index in [0.29, 0.717) is 31.7 Å². The lowest BCUT2D eigenvalue weighted by atomic mass is 10.2. The maximum atomic E-state index is 12.8. The molecule has 2 N–H and O–H groups in total. The molecule has 1 aliphatic rings. The Morgan fingerprint density at radius 1 is 1.30 bits per heavy atom. The Hall–Kier alpha value is -1.45. The first-order valence-electron chi connectivity index (χ1n) is 7.70.